The molecule has 150 valence electrons. The van der Waals surface area contributed by atoms with Gasteiger partial charge in [-0.2, -0.15) is 0 Å². The number of amides is 1. The van der Waals surface area contributed by atoms with E-state index in [-0.39, 0.29) is 10.7 Å². The average molecular weight is 430 g/mol. The third kappa shape index (κ3) is 4.60. The number of rotatable bonds is 7. The van der Waals surface area contributed by atoms with Crippen LogP contribution in [0, 0.1) is 0 Å². The Balaban J connectivity index is 1.90. The number of methoxy groups -OCH3 is 2. The van der Waals surface area contributed by atoms with E-state index in [1.807, 2.05) is 30.3 Å². The normalized spacial score (nSPS) is 16.2. The predicted octanol–water partition coefficient (Wildman–Crippen LogP) is 3.60. The van der Waals surface area contributed by atoms with Gasteiger partial charge in [-0.25, -0.2) is 4.79 Å². The summed E-state index contributed by atoms with van der Waals surface area (Å²) in [6, 6.07) is 13.3. The highest BCUT2D eigenvalue weighted by Crippen LogP contribution is 2.36. The molecule has 2 aromatic carbocycles. The molecule has 2 aromatic rings. The summed E-state index contributed by atoms with van der Waals surface area (Å²) in [5.41, 5.74) is 1.48. The van der Waals surface area contributed by atoms with Gasteiger partial charge in [-0.1, -0.05) is 54.3 Å². The zero-order chi connectivity index (χ0) is 21.0. The van der Waals surface area contributed by atoms with Gasteiger partial charge in [0.2, 0.25) is 0 Å². The Morgan fingerprint density at radius 1 is 1.21 bits per heavy atom. The Hall–Kier alpha value is -2.84. The summed E-state index contributed by atoms with van der Waals surface area (Å²) in [4.78, 5) is 26.4. The monoisotopic (exact) mass is 429 g/mol. The van der Waals surface area contributed by atoms with Gasteiger partial charge < -0.3 is 14.6 Å². The van der Waals surface area contributed by atoms with Crippen LogP contribution < -0.4 is 9.47 Å². The van der Waals surface area contributed by atoms with Crippen LogP contribution in [0.4, 0.5) is 0 Å². The van der Waals surface area contributed by atoms with Crippen LogP contribution in [0.1, 0.15) is 11.1 Å². The highest BCUT2D eigenvalue weighted by molar-refractivity contribution is 8.26. The molecule has 0 unspecified atom stereocenters. The lowest BCUT2D eigenvalue weighted by Crippen LogP contribution is -2.45. The molecule has 1 saturated heterocycles. The Bertz CT molecular complexity index is 974. The minimum atomic E-state index is -1.10. The fraction of sp³-hybridized carbons (Fsp3) is 0.190. The van der Waals surface area contributed by atoms with Crippen molar-refractivity contribution in [1.82, 2.24) is 4.90 Å². The SMILES string of the molecule is COc1ccc(/C=C2/SC(=S)N([C@H](Cc3ccccc3)C(=O)O)C2=O)c(OC)c1. The maximum atomic E-state index is 13.0. The van der Waals surface area contributed by atoms with E-state index in [1.54, 1.807) is 31.4 Å². The summed E-state index contributed by atoms with van der Waals surface area (Å²) < 4.78 is 10.8. The van der Waals surface area contributed by atoms with Gasteiger partial charge in [0.25, 0.3) is 5.91 Å². The number of benzene rings is 2. The van der Waals surface area contributed by atoms with Crippen molar-refractivity contribution in [2.45, 2.75) is 12.5 Å². The number of aliphatic carboxylic acids is 1. The first-order valence-electron chi connectivity index (χ1n) is 8.70. The second-order valence-corrected chi connectivity index (χ2v) is 7.88. The lowest BCUT2D eigenvalue weighted by Gasteiger charge is -2.23. The molecule has 3 rings (SSSR count). The van der Waals surface area contributed by atoms with E-state index in [2.05, 4.69) is 0 Å². The van der Waals surface area contributed by atoms with E-state index >= 15 is 0 Å². The Morgan fingerprint density at radius 3 is 2.55 bits per heavy atom. The number of carboxylic acids is 1. The number of thiocarbonyl (C=S) groups is 1. The summed E-state index contributed by atoms with van der Waals surface area (Å²) >= 11 is 6.42. The average Bonchev–Trinajstić information content (AvgIpc) is 3.00. The predicted molar refractivity (Wildman–Crippen MR) is 116 cm³/mol. The first-order chi connectivity index (χ1) is 13.9. The van der Waals surface area contributed by atoms with E-state index in [1.165, 1.54) is 12.0 Å². The molecule has 1 fully saturated rings. The molecule has 0 aliphatic carbocycles. The smallest absolute Gasteiger partial charge is 0.327 e. The second kappa shape index (κ2) is 9.11. The van der Waals surface area contributed by atoms with Gasteiger partial charge in [0, 0.05) is 18.1 Å². The lowest BCUT2D eigenvalue weighted by molar-refractivity contribution is -0.145. The first-order valence-corrected chi connectivity index (χ1v) is 9.93. The quantitative estimate of drug-likeness (QED) is 0.532. The lowest BCUT2D eigenvalue weighted by atomic mass is 10.0. The fourth-order valence-electron chi connectivity index (χ4n) is 2.95. The van der Waals surface area contributed by atoms with Crippen molar-refractivity contribution >= 4 is 46.3 Å². The number of thioether (sulfide) groups is 1. The van der Waals surface area contributed by atoms with Crippen molar-refractivity contribution in [3.63, 3.8) is 0 Å². The molecule has 6 nitrogen and oxygen atoms in total. The fourth-order valence-corrected chi connectivity index (χ4v) is 4.30. The molecule has 1 heterocycles. The van der Waals surface area contributed by atoms with Gasteiger partial charge in [0.1, 0.15) is 21.9 Å². The third-order valence-electron chi connectivity index (χ3n) is 4.42. The topological polar surface area (TPSA) is 76.1 Å². The summed E-state index contributed by atoms with van der Waals surface area (Å²) in [5.74, 6) is -0.372. The minimum absolute atomic E-state index is 0.168. The van der Waals surface area contributed by atoms with Gasteiger partial charge >= 0.3 is 5.97 Å². The van der Waals surface area contributed by atoms with Gasteiger partial charge in [-0.05, 0) is 23.8 Å². The van der Waals surface area contributed by atoms with Crippen molar-refractivity contribution in [2.24, 2.45) is 0 Å². The Labute approximate surface area is 178 Å². The number of hydrogen-bond donors (Lipinski definition) is 1. The van der Waals surface area contributed by atoms with Gasteiger partial charge in [0.15, 0.2) is 0 Å². The van der Waals surface area contributed by atoms with Crippen molar-refractivity contribution in [1.29, 1.82) is 0 Å². The molecule has 8 heteroatoms. The number of hydrogen-bond acceptors (Lipinski definition) is 6. The Kier molecular flexibility index (Phi) is 6.56. The largest absolute Gasteiger partial charge is 0.497 e. The summed E-state index contributed by atoms with van der Waals surface area (Å²) in [6.45, 7) is 0. The number of carbonyl (C=O) groups is 2. The van der Waals surface area contributed by atoms with E-state index in [0.29, 0.717) is 22.0 Å². The van der Waals surface area contributed by atoms with Crippen LogP contribution in [0.5, 0.6) is 11.5 Å². The van der Waals surface area contributed by atoms with Gasteiger partial charge in [-0.3, -0.25) is 9.69 Å². The molecule has 1 aliphatic heterocycles. The zero-order valence-electron chi connectivity index (χ0n) is 15.8. The molecule has 0 spiro atoms. The van der Waals surface area contributed by atoms with Crippen LogP contribution in [0.25, 0.3) is 6.08 Å². The summed E-state index contributed by atoms with van der Waals surface area (Å²) in [7, 11) is 3.08. The van der Waals surface area contributed by atoms with Crippen molar-refractivity contribution < 1.29 is 24.2 Å². The first kappa shape index (κ1) is 20.9. The molecular formula is C21H19NO5S2. The molecule has 1 atom stereocenters. The Morgan fingerprint density at radius 2 is 1.93 bits per heavy atom. The summed E-state index contributed by atoms with van der Waals surface area (Å²) in [6.07, 6.45) is 1.82. The van der Waals surface area contributed by atoms with Gasteiger partial charge in [-0.15, -0.1) is 0 Å². The van der Waals surface area contributed by atoms with Crippen LogP contribution in [0.3, 0.4) is 0 Å². The van der Waals surface area contributed by atoms with E-state index in [4.69, 9.17) is 21.7 Å². The van der Waals surface area contributed by atoms with Crippen LogP contribution in [0.15, 0.2) is 53.4 Å². The molecule has 0 radical (unpaired) electrons. The zero-order valence-corrected chi connectivity index (χ0v) is 17.5. The maximum absolute atomic E-state index is 13.0. The molecule has 1 N–H and O–H groups in total. The molecule has 29 heavy (non-hydrogen) atoms. The highest BCUT2D eigenvalue weighted by Gasteiger charge is 2.40. The van der Waals surface area contributed by atoms with Crippen LogP contribution in [0.2, 0.25) is 0 Å². The van der Waals surface area contributed by atoms with Crippen molar-refractivity contribution in [2.75, 3.05) is 14.2 Å². The number of carbonyl (C=O) groups excluding carboxylic acids is 1. The van der Waals surface area contributed by atoms with Crippen LogP contribution in [-0.4, -0.2) is 46.5 Å². The van der Waals surface area contributed by atoms with Crippen LogP contribution in [-0.2, 0) is 16.0 Å². The van der Waals surface area contributed by atoms with E-state index in [9.17, 15) is 14.7 Å². The minimum Gasteiger partial charge on any atom is -0.497 e. The number of ether oxygens (including phenoxy) is 2. The highest BCUT2D eigenvalue weighted by atomic mass is 32.2. The molecule has 1 aliphatic rings. The van der Waals surface area contributed by atoms with Crippen LogP contribution >= 0.6 is 24.0 Å². The van der Waals surface area contributed by atoms with Gasteiger partial charge in [0.05, 0.1) is 19.1 Å². The molecule has 0 saturated carbocycles. The number of carboxylic acid groups (broad SMARTS) is 1. The van der Waals surface area contributed by atoms with E-state index in [0.717, 1.165) is 17.3 Å². The standard InChI is InChI=1S/C21H19NO5S2/c1-26-15-9-8-14(17(12-15)27-2)11-18-19(23)22(21(28)29-18)16(20(24)25)10-13-6-4-3-5-7-13/h3-9,11-12,16H,10H2,1-2H3,(H,24,25)/b18-11+/t16-/m1/s1. The third-order valence-corrected chi connectivity index (χ3v) is 5.75. The summed E-state index contributed by atoms with van der Waals surface area (Å²) in [5, 5.41) is 9.73. The molecular weight excluding hydrogens is 410 g/mol. The number of nitrogens with zero attached hydrogens (tertiary/aromatic N) is 1. The van der Waals surface area contributed by atoms with Crippen molar-refractivity contribution in [3.05, 3.63) is 64.6 Å². The maximum Gasteiger partial charge on any atom is 0.327 e. The molecule has 1 amide bonds. The molecule has 0 aromatic heterocycles. The van der Waals surface area contributed by atoms with Crippen molar-refractivity contribution in [3.8, 4) is 11.5 Å². The second-order valence-electron chi connectivity index (χ2n) is 6.20. The molecule has 0 bridgehead atoms. The van der Waals surface area contributed by atoms with E-state index < -0.39 is 17.9 Å².